The van der Waals surface area contributed by atoms with Crippen LogP contribution in [-0.4, -0.2) is 47.7 Å². The van der Waals surface area contributed by atoms with E-state index < -0.39 is 0 Å². The number of carbonyl (C=O) groups is 1. The lowest BCUT2D eigenvalue weighted by Crippen LogP contribution is -2.22. The van der Waals surface area contributed by atoms with Gasteiger partial charge in [-0.2, -0.15) is 0 Å². The lowest BCUT2D eigenvalue weighted by atomic mass is 10.2. The van der Waals surface area contributed by atoms with Gasteiger partial charge in [0, 0.05) is 44.8 Å². The molecule has 1 N–H and O–H groups in total. The molecule has 1 aliphatic carbocycles. The van der Waals surface area contributed by atoms with Crippen molar-refractivity contribution in [3.8, 4) is 0 Å². The van der Waals surface area contributed by atoms with Crippen LogP contribution in [0.5, 0.6) is 0 Å². The van der Waals surface area contributed by atoms with Gasteiger partial charge in [0.15, 0.2) is 0 Å². The summed E-state index contributed by atoms with van der Waals surface area (Å²) in [7, 11) is 5.78. The van der Waals surface area contributed by atoms with E-state index >= 15 is 0 Å². The SMILES string of the molecule is COCCN(C)Cc1ccnc(NC(=O)c2cc(C3CC3)n(C)c2C)c1. The van der Waals surface area contributed by atoms with Crippen molar-refractivity contribution in [3.63, 3.8) is 0 Å². The zero-order chi connectivity index (χ0) is 18.7. The molecule has 0 atom stereocenters. The molecule has 0 bridgehead atoms. The van der Waals surface area contributed by atoms with Crippen LogP contribution in [0.3, 0.4) is 0 Å². The summed E-state index contributed by atoms with van der Waals surface area (Å²) in [4.78, 5) is 19.2. The summed E-state index contributed by atoms with van der Waals surface area (Å²) in [5, 5.41) is 2.95. The maximum absolute atomic E-state index is 12.7. The van der Waals surface area contributed by atoms with Crippen molar-refractivity contribution in [2.75, 3.05) is 32.6 Å². The average Bonchev–Trinajstić information content (AvgIpc) is 3.40. The first kappa shape index (κ1) is 18.6. The molecule has 0 unspecified atom stereocenters. The van der Waals surface area contributed by atoms with Crippen LogP contribution in [-0.2, 0) is 18.3 Å². The quantitative estimate of drug-likeness (QED) is 0.790. The Balaban J connectivity index is 1.68. The van der Waals surface area contributed by atoms with Crippen LogP contribution in [0.2, 0.25) is 0 Å². The molecular formula is C20H28N4O2. The van der Waals surface area contributed by atoms with Crippen molar-refractivity contribution >= 4 is 11.7 Å². The second-order valence-electron chi connectivity index (χ2n) is 7.14. The van der Waals surface area contributed by atoms with Gasteiger partial charge in [0.25, 0.3) is 5.91 Å². The Morgan fingerprint density at radius 3 is 2.88 bits per heavy atom. The standard InChI is InChI=1S/C20H28N4O2/c1-14-17(12-18(24(14)3)16-5-6-16)20(25)22-19-11-15(7-8-21-19)13-23(2)9-10-26-4/h7-8,11-12,16H,5-6,9-10,13H2,1-4H3,(H,21,22,25). The number of carbonyl (C=O) groups excluding carboxylic acids is 1. The monoisotopic (exact) mass is 356 g/mol. The van der Waals surface area contributed by atoms with Gasteiger partial charge in [0.1, 0.15) is 5.82 Å². The fourth-order valence-corrected chi connectivity index (χ4v) is 3.19. The molecule has 0 aromatic carbocycles. The summed E-state index contributed by atoms with van der Waals surface area (Å²) in [5.74, 6) is 1.11. The second kappa shape index (κ2) is 8.01. The van der Waals surface area contributed by atoms with Crippen molar-refractivity contribution < 1.29 is 9.53 Å². The summed E-state index contributed by atoms with van der Waals surface area (Å²) in [5.41, 5.74) is 4.10. The van der Waals surface area contributed by atoms with Crippen LogP contribution in [0.4, 0.5) is 5.82 Å². The molecule has 0 saturated heterocycles. The molecule has 0 aliphatic heterocycles. The van der Waals surface area contributed by atoms with Crippen molar-refractivity contribution in [2.45, 2.75) is 32.2 Å². The Morgan fingerprint density at radius 1 is 1.42 bits per heavy atom. The molecule has 1 amide bonds. The number of nitrogens with one attached hydrogen (secondary N) is 1. The number of hydrogen-bond donors (Lipinski definition) is 1. The molecule has 6 heteroatoms. The Hall–Kier alpha value is -2.18. The number of amides is 1. The summed E-state index contributed by atoms with van der Waals surface area (Å²) in [6.45, 7) is 4.33. The number of nitrogens with zero attached hydrogens (tertiary/aromatic N) is 3. The van der Waals surface area contributed by atoms with Crippen LogP contribution in [0.1, 0.15) is 46.1 Å². The number of rotatable bonds is 8. The fourth-order valence-electron chi connectivity index (χ4n) is 3.19. The first-order chi connectivity index (χ1) is 12.5. The zero-order valence-electron chi connectivity index (χ0n) is 16.1. The lowest BCUT2D eigenvalue weighted by Gasteiger charge is -2.16. The number of pyridine rings is 1. The third-order valence-electron chi connectivity index (χ3n) is 5.01. The van der Waals surface area contributed by atoms with E-state index in [2.05, 4.69) is 19.8 Å². The molecule has 0 radical (unpaired) electrons. The first-order valence-electron chi connectivity index (χ1n) is 9.09. The Morgan fingerprint density at radius 2 is 2.19 bits per heavy atom. The Bertz CT molecular complexity index is 780. The van der Waals surface area contributed by atoms with Gasteiger partial charge in [-0.05, 0) is 56.5 Å². The number of hydrogen-bond acceptors (Lipinski definition) is 4. The van der Waals surface area contributed by atoms with Gasteiger partial charge in [-0.25, -0.2) is 4.98 Å². The third-order valence-corrected chi connectivity index (χ3v) is 5.01. The van der Waals surface area contributed by atoms with Crippen LogP contribution in [0, 0.1) is 6.92 Å². The number of ether oxygens (including phenoxy) is 1. The van der Waals surface area contributed by atoms with E-state index in [1.165, 1.54) is 18.5 Å². The van der Waals surface area contributed by atoms with Gasteiger partial charge in [-0.15, -0.1) is 0 Å². The van der Waals surface area contributed by atoms with Crippen LogP contribution in [0.15, 0.2) is 24.4 Å². The molecule has 2 aromatic heterocycles. The van der Waals surface area contributed by atoms with Gasteiger partial charge in [-0.3, -0.25) is 9.69 Å². The minimum Gasteiger partial charge on any atom is -0.383 e. The molecule has 1 fully saturated rings. The van der Waals surface area contributed by atoms with Crippen LogP contribution < -0.4 is 5.32 Å². The number of anilines is 1. The molecule has 6 nitrogen and oxygen atoms in total. The van der Waals surface area contributed by atoms with E-state index in [0.717, 1.165) is 29.9 Å². The molecule has 0 spiro atoms. The van der Waals surface area contributed by atoms with Crippen LogP contribution in [0.25, 0.3) is 0 Å². The highest BCUT2D eigenvalue weighted by Gasteiger charge is 2.29. The van der Waals surface area contributed by atoms with Crippen LogP contribution >= 0.6 is 0 Å². The van der Waals surface area contributed by atoms with Gasteiger partial charge < -0.3 is 14.6 Å². The third kappa shape index (κ3) is 4.31. The summed E-state index contributed by atoms with van der Waals surface area (Å²) in [6, 6.07) is 5.93. The van der Waals surface area contributed by atoms with Gasteiger partial charge >= 0.3 is 0 Å². The fraction of sp³-hybridized carbons (Fsp3) is 0.500. The predicted octanol–water partition coefficient (Wildman–Crippen LogP) is 2.94. The topological polar surface area (TPSA) is 59.4 Å². The van der Waals surface area contributed by atoms with Crippen molar-refractivity contribution in [2.24, 2.45) is 7.05 Å². The summed E-state index contributed by atoms with van der Waals surface area (Å²) in [6.07, 6.45) is 4.18. The highest BCUT2D eigenvalue weighted by atomic mass is 16.5. The average molecular weight is 356 g/mol. The maximum atomic E-state index is 12.7. The first-order valence-corrected chi connectivity index (χ1v) is 9.09. The van der Waals surface area contributed by atoms with Gasteiger partial charge in [0.05, 0.1) is 12.2 Å². The highest BCUT2D eigenvalue weighted by Crippen LogP contribution is 2.41. The summed E-state index contributed by atoms with van der Waals surface area (Å²) < 4.78 is 7.25. The largest absolute Gasteiger partial charge is 0.383 e. The smallest absolute Gasteiger partial charge is 0.258 e. The lowest BCUT2D eigenvalue weighted by molar-refractivity contribution is 0.102. The molecule has 3 rings (SSSR count). The molecule has 140 valence electrons. The van der Waals surface area contributed by atoms with E-state index in [9.17, 15) is 4.79 Å². The normalized spacial score (nSPS) is 14.0. The maximum Gasteiger partial charge on any atom is 0.258 e. The van der Waals surface area contributed by atoms with Gasteiger partial charge in [0.2, 0.25) is 0 Å². The van der Waals surface area contributed by atoms with E-state index in [1.807, 2.05) is 39.2 Å². The Labute approximate surface area is 155 Å². The van der Waals surface area contributed by atoms with E-state index in [1.54, 1.807) is 13.3 Å². The predicted molar refractivity (Wildman–Crippen MR) is 103 cm³/mol. The second-order valence-corrected chi connectivity index (χ2v) is 7.14. The number of aromatic nitrogens is 2. The minimum atomic E-state index is -0.0950. The molecule has 2 heterocycles. The molecule has 26 heavy (non-hydrogen) atoms. The number of likely N-dealkylation sites (N-methyl/N-ethyl adjacent to an activating group) is 1. The van der Waals surface area contributed by atoms with Crippen molar-refractivity contribution in [1.82, 2.24) is 14.5 Å². The molecule has 2 aromatic rings. The minimum absolute atomic E-state index is 0.0950. The number of methoxy groups -OCH3 is 1. The summed E-state index contributed by atoms with van der Waals surface area (Å²) >= 11 is 0. The van der Waals surface area contributed by atoms with E-state index in [-0.39, 0.29) is 5.91 Å². The molecule has 1 aliphatic rings. The van der Waals surface area contributed by atoms with Gasteiger partial charge in [-0.1, -0.05) is 0 Å². The molecule has 1 saturated carbocycles. The Kier molecular flexibility index (Phi) is 5.74. The van der Waals surface area contributed by atoms with Crippen molar-refractivity contribution in [1.29, 1.82) is 0 Å². The molecular weight excluding hydrogens is 328 g/mol. The highest BCUT2D eigenvalue weighted by molar-refractivity contribution is 6.04. The zero-order valence-corrected chi connectivity index (χ0v) is 16.1. The van der Waals surface area contributed by atoms with E-state index in [0.29, 0.717) is 18.3 Å². The van der Waals surface area contributed by atoms with E-state index in [4.69, 9.17) is 4.74 Å². The van der Waals surface area contributed by atoms with Crippen molar-refractivity contribution in [3.05, 3.63) is 46.9 Å².